The van der Waals surface area contributed by atoms with Gasteiger partial charge < -0.3 is 15.7 Å². The molecule has 0 aliphatic rings. The number of aromatic nitrogens is 2. The Balaban J connectivity index is 1.93. The van der Waals surface area contributed by atoms with E-state index in [0.717, 1.165) is 17.1 Å². The van der Waals surface area contributed by atoms with Crippen LogP contribution in [0, 0.1) is 19.8 Å². The fraction of sp³-hybridized carbons (Fsp3) is 0.400. The van der Waals surface area contributed by atoms with Crippen LogP contribution >= 0.6 is 0 Å². The summed E-state index contributed by atoms with van der Waals surface area (Å²) in [4.78, 5) is 35.4. The maximum Gasteiger partial charge on any atom is 0.326 e. The number of aryl methyl sites for hydroxylation is 2. The zero-order valence-corrected chi connectivity index (χ0v) is 16.5. The van der Waals surface area contributed by atoms with Gasteiger partial charge in [-0.25, -0.2) is 9.48 Å². The van der Waals surface area contributed by atoms with Gasteiger partial charge in [0, 0.05) is 11.3 Å². The smallest absolute Gasteiger partial charge is 0.326 e. The highest BCUT2D eigenvalue weighted by Gasteiger charge is 2.21. The second-order valence-corrected chi connectivity index (χ2v) is 7.16. The number of carbonyl (C=O) groups excluding carboxylic acids is 2. The molecule has 0 aliphatic heterocycles. The molecule has 150 valence electrons. The number of aliphatic carboxylic acids is 1. The van der Waals surface area contributed by atoms with Gasteiger partial charge in [0.05, 0.1) is 17.9 Å². The topological polar surface area (TPSA) is 113 Å². The lowest BCUT2D eigenvalue weighted by Crippen LogP contribution is -2.46. The Morgan fingerprint density at radius 2 is 1.79 bits per heavy atom. The van der Waals surface area contributed by atoms with Crippen LogP contribution in [-0.4, -0.2) is 45.3 Å². The van der Waals surface area contributed by atoms with Crippen molar-refractivity contribution in [3.8, 4) is 5.69 Å². The van der Waals surface area contributed by atoms with Crippen molar-refractivity contribution < 1.29 is 19.5 Å². The van der Waals surface area contributed by atoms with E-state index in [2.05, 4.69) is 15.7 Å². The third-order valence-electron chi connectivity index (χ3n) is 4.13. The zero-order chi connectivity index (χ0) is 20.8. The zero-order valence-electron chi connectivity index (χ0n) is 16.5. The highest BCUT2D eigenvalue weighted by molar-refractivity contribution is 5.97. The third-order valence-corrected chi connectivity index (χ3v) is 4.13. The summed E-state index contributed by atoms with van der Waals surface area (Å²) in [5.41, 5.74) is 3.12. The van der Waals surface area contributed by atoms with Gasteiger partial charge in [0.2, 0.25) is 5.91 Å². The molecule has 1 atom stereocenters. The maximum absolute atomic E-state index is 12.2. The first kappa shape index (κ1) is 21.1. The lowest BCUT2D eigenvalue weighted by molar-refractivity contribution is -0.142. The van der Waals surface area contributed by atoms with Crippen LogP contribution in [0.5, 0.6) is 0 Å². The van der Waals surface area contributed by atoms with E-state index in [0.29, 0.717) is 12.0 Å². The molecule has 0 saturated heterocycles. The van der Waals surface area contributed by atoms with Crippen molar-refractivity contribution in [3.63, 3.8) is 0 Å². The molecule has 2 rings (SSSR count). The number of amides is 2. The molecule has 1 aromatic heterocycles. The number of rotatable bonds is 8. The van der Waals surface area contributed by atoms with Gasteiger partial charge in [0.15, 0.2) is 0 Å². The first-order valence-electron chi connectivity index (χ1n) is 9.11. The van der Waals surface area contributed by atoms with Crippen LogP contribution < -0.4 is 10.6 Å². The van der Waals surface area contributed by atoms with Crippen LogP contribution in [0.2, 0.25) is 0 Å². The molecule has 3 N–H and O–H groups in total. The van der Waals surface area contributed by atoms with E-state index in [-0.39, 0.29) is 12.5 Å². The van der Waals surface area contributed by atoms with Crippen molar-refractivity contribution in [1.82, 2.24) is 20.4 Å². The highest BCUT2D eigenvalue weighted by atomic mass is 16.4. The van der Waals surface area contributed by atoms with Crippen LogP contribution in [0.1, 0.15) is 42.0 Å². The normalized spacial score (nSPS) is 11.9. The fourth-order valence-electron chi connectivity index (χ4n) is 2.85. The van der Waals surface area contributed by atoms with E-state index >= 15 is 0 Å². The summed E-state index contributed by atoms with van der Waals surface area (Å²) in [5.74, 6) is -1.92. The van der Waals surface area contributed by atoms with Gasteiger partial charge in [-0.2, -0.15) is 5.10 Å². The largest absolute Gasteiger partial charge is 0.480 e. The van der Waals surface area contributed by atoms with Crippen molar-refractivity contribution in [2.45, 2.75) is 40.2 Å². The summed E-state index contributed by atoms with van der Waals surface area (Å²) in [5, 5.41) is 18.5. The summed E-state index contributed by atoms with van der Waals surface area (Å²) in [6.07, 6.45) is 0.322. The van der Waals surface area contributed by atoms with Crippen LogP contribution in [0.3, 0.4) is 0 Å². The molecular formula is C20H26N4O4. The van der Waals surface area contributed by atoms with E-state index in [9.17, 15) is 14.4 Å². The molecule has 1 aromatic carbocycles. The summed E-state index contributed by atoms with van der Waals surface area (Å²) in [6.45, 7) is 7.31. The number of carbonyl (C=O) groups is 3. The molecule has 0 spiro atoms. The van der Waals surface area contributed by atoms with Gasteiger partial charge in [-0.05, 0) is 56.5 Å². The molecule has 8 heteroatoms. The van der Waals surface area contributed by atoms with Gasteiger partial charge in [-0.1, -0.05) is 13.8 Å². The Bertz CT molecular complexity index is 856. The molecule has 28 heavy (non-hydrogen) atoms. The Labute approximate surface area is 163 Å². The molecule has 0 aliphatic carbocycles. The van der Waals surface area contributed by atoms with E-state index in [1.165, 1.54) is 0 Å². The van der Waals surface area contributed by atoms with Crippen LogP contribution in [-0.2, 0) is 9.59 Å². The summed E-state index contributed by atoms with van der Waals surface area (Å²) in [6, 6.07) is 7.85. The van der Waals surface area contributed by atoms with Crippen molar-refractivity contribution in [2.75, 3.05) is 6.54 Å². The molecule has 0 fully saturated rings. The molecule has 0 bridgehead atoms. The Morgan fingerprint density at radius 1 is 1.14 bits per heavy atom. The van der Waals surface area contributed by atoms with E-state index in [1.54, 1.807) is 28.9 Å². The average Bonchev–Trinajstić information content (AvgIpc) is 2.97. The number of hydrogen-bond donors (Lipinski definition) is 3. The average molecular weight is 386 g/mol. The number of carboxylic acid groups (broad SMARTS) is 1. The number of nitrogens with one attached hydrogen (secondary N) is 2. The van der Waals surface area contributed by atoms with Gasteiger partial charge in [-0.15, -0.1) is 0 Å². The summed E-state index contributed by atoms with van der Waals surface area (Å²) in [7, 11) is 0. The van der Waals surface area contributed by atoms with Crippen molar-refractivity contribution in [2.24, 2.45) is 5.92 Å². The minimum absolute atomic E-state index is 0.122. The number of carboxylic acids is 1. The summed E-state index contributed by atoms with van der Waals surface area (Å²) >= 11 is 0. The van der Waals surface area contributed by atoms with Gasteiger partial charge >= 0.3 is 5.97 Å². The molecule has 0 saturated carbocycles. The Kier molecular flexibility index (Phi) is 6.92. The molecule has 0 unspecified atom stereocenters. The minimum atomic E-state index is -1.09. The summed E-state index contributed by atoms with van der Waals surface area (Å²) < 4.78 is 1.78. The fourth-order valence-corrected chi connectivity index (χ4v) is 2.85. The number of nitrogens with zero attached hydrogens (tertiary/aromatic N) is 2. The second kappa shape index (κ2) is 9.16. The SMILES string of the molecule is Cc1cc(C)n(-c2ccc(C(=O)NCC(=O)N[C@@H](CC(C)C)C(=O)O)cc2)n1. The third kappa shape index (κ3) is 5.67. The van der Waals surface area contributed by atoms with Crippen LogP contribution in [0.15, 0.2) is 30.3 Å². The van der Waals surface area contributed by atoms with Gasteiger partial charge in [0.1, 0.15) is 6.04 Å². The Morgan fingerprint density at radius 3 is 2.29 bits per heavy atom. The first-order chi connectivity index (χ1) is 13.2. The highest BCUT2D eigenvalue weighted by Crippen LogP contribution is 2.13. The van der Waals surface area contributed by atoms with E-state index < -0.39 is 23.8 Å². The lowest BCUT2D eigenvalue weighted by atomic mass is 10.0. The molecule has 1 heterocycles. The monoisotopic (exact) mass is 386 g/mol. The Hall–Kier alpha value is -3.16. The minimum Gasteiger partial charge on any atom is -0.480 e. The van der Waals surface area contributed by atoms with Crippen molar-refractivity contribution in [3.05, 3.63) is 47.3 Å². The van der Waals surface area contributed by atoms with E-state index in [4.69, 9.17) is 5.11 Å². The van der Waals surface area contributed by atoms with Crippen LogP contribution in [0.4, 0.5) is 0 Å². The van der Waals surface area contributed by atoms with Crippen molar-refractivity contribution >= 4 is 17.8 Å². The maximum atomic E-state index is 12.2. The number of benzene rings is 1. The predicted octanol–water partition coefficient (Wildman–Crippen LogP) is 1.83. The second-order valence-electron chi connectivity index (χ2n) is 7.16. The van der Waals surface area contributed by atoms with Gasteiger partial charge in [-0.3, -0.25) is 9.59 Å². The van der Waals surface area contributed by atoms with Gasteiger partial charge in [0.25, 0.3) is 5.91 Å². The molecular weight excluding hydrogens is 360 g/mol. The molecule has 8 nitrogen and oxygen atoms in total. The lowest BCUT2D eigenvalue weighted by Gasteiger charge is -2.16. The predicted molar refractivity (Wildman–Crippen MR) is 104 cm³/mol. The van der Waals surface area contributed by atoms with Crippen molar-refractivity contribution in [1.29, 1.82) is 0 Å². The first-order valence-corrected chi connectivity index (χ1v) is 9.11. The molecule has 2 aromatic rings. The quantitative estimate of drug-likeness (QED) is 0.641. The van der Waals surface area contributed by atoms with Crippen LogP contribution in [0.25, 0.3) is 5.69 Å². The standard InChI is InChI=1S/C20H26N4O4/c1-12(2)9-17(20(27)28)22-18(25)11-21-19(26)15-5-7-16(8-6-15)24-14(4)10-13(3)23-24/h5-8,10,12,17H,9,11H2,1-4H3,(H,21,26)(H,22,25)(H,27,28)/t17-/m0/s1. The van der Waals surface area contributed by atoms with E-state index in [1.807, 2.05) is 33.8 Å². The molecule has 2 amide bonds. The molecule has 0 radical (unpaired) electrons. The number of hydrogen-bond acceptors (Lipinski definition) is 4.